The van der Waals surface area contributed by atoms with Crippen molar-refractivity contribution in [2.75, 3.05) is 24.3 Å². The largest absolute Gasteiger partial charge is 0.502 e. The molecule has 176 valence electrons. The Labute approximate surface area is 196 Å². The molecule has 0 aliphatic rings. The van der Waals surface area contributed by atoms with Crippen LogP contribution in [0.1, 0.15) is 31.4 Å². The highest BCUT2D eigenvalue weighted by Gasteiger charge is 2.18. The van der Waals surface area contributed by atoms with Crippen molar-refractivity contribution in [3.05, 3.63) is 73.0 Å². The van der Waals surface area contributed by atoms with Gasteiger partial charge in [0, 0.05) is 24.5 Å². The third-order valence-corrected chi connectivity index (χ3v) is 5.12. The highest BCUT2D eigenvalue weighted by molar-refractivity contribution is 5.85. The molecule has 0 spiro atoms. The summed E-state index contributed by atoms with van der Waals surface area (Å²) in [6, 6.07) is 9.90. The van der Waals surface area contributed by atoms with Gasteiger partial charge in [-0.15, -0.1) is 5.10 Å². The molecular weight excluding hydrogens is 437 g/mol. The van der Waals surface area contributed by atoms with E-state index in [0.717, 1.165) is 18.4 Å². The summed E-state index contributed by atoms with van der Waals surface area (Å²) in [5, 5.41) is 7.66. The Balaban J connectivity index is 1.62. The quantitative estimate of drug-likeness (QED) is 0.249. The van der Waals surface area contributed by atoms with Crippen LogP contribution >= 0.6 is 0 Å². The van der Waals surface area contributed by atoms with Crippen LogP contribution in [0.5, 0.6) is 6.01 Å². The van der Waals surface area contributed by atoms with Crippen molar-refractivity contribution in [3.63, 3.8) is 0 Å². The molecule has 9 nitrogen and oxygen atoms in total. The van der Waals surface area contributed by atoms with Crippen LogP contribution in [0.3, 0.4) is 0 Å². The first-order chi connectivity index (χ1) is 16.5. The number of nitrogens with one attached hydrogen (secondary N) is 1. The summed E-state index contributed by atoms with van der Waals surface area (Å²) in [6.45, 7) is 6.47. The van der Waals surface area contributed by atoms with Gasteiger partial charge in [-0.05, 0) is 43.5 Å². The number of nitrogens with zero attached hydrogens (tertiary/aromatic N) is 5. The number of halogens is 1. The minimum Gasteiger partial charge on any atom is -0.502 e. The fourth-order valence-corrected chi connectivity index (χ4v) is 3.43. The molecule has 0 aliphatic carbocycles. The SMILES string of the molecule is C=COCCCCOc1nc(N[C@@H](C)c2ccc(F)cc2)cc(-c2c(N)nn3cccnc23)n1. The topological polar surface area (TPSA) is 112 Å². The Morgan fingerprint density at radius 1 is 1.21 bits per heavy atom. The number of benzene rings is 1. The molecule has 0 radical (unpaired) electrons. The van der Waals surface area contributed by atoms with E-state index in [1.54, 1.807) is 41.2 Å². The van der Waals surface area contributed by atoms with E-state index in [2.05, 4.69) is 31.9 Å². The third-order valence-electron chi connectivity index (χ3n) is 5.12. The van der Waals surface area contributed by atoms with Crippen LogP contribution in [0.2, 0.25) is 0 Å². The maximum absolute atomic E-state index is 13.3. The first-order valence-electron chi connectivity index (χ1n) is 10.9. The average Bonchev–Trinajstić information content (AvgIpc) is 3.17. The van der Waals surface area contributed by atoms with Gasteiger partial charge < -0.3 is 20.5 Å². The number of aromatic nitrogens is 5. The summed E-state index contributed by atoms with van der Waals surface area (Å²) < 4.78 is 25.9. The molecule has 0 amide bonds. The number of hydrogen-bond acceptors (Lipinski definition) is 8. The minimum atomic E-state index is -0.287. The van der Waals surface area contributed by atoms with Crippen molar-refractivity contribution in [2.45, 2.75) is 25.8 Å². The molecule has 10 heteroatoms. The molecule has 0 saturated carbocycles. The number of rotatable bonds is 11. The van der Waals surface area contributed by atoms with E-state index in [1.165, 1.54) is 18.4 Å². The van der Waals surface area contributed by atoms with E-state index in [0.29, 0.717) is 41.8 Å². The van der Waals surface area contributed by atoms with Crippen molar-refractivity contribution in [2.24, 2.45) is 0 Å². The Morgan fingerprint density at radius 2 is 2.00 bits per heavy atom. The predicted octanol–water partition coefficient (Wildman–Crippen LogP) is 4.40. The Morgan fingerprint density at radius 3 is 2.79 bits per heavy atom. The highest BCUT2D eigenvalue weighted by atomic mass is 19.1. The van der Waals surface area contributed by atoms with Crippen molar-refractivity contribution in [3.8, 4) is 17.3 Å². The van der Waals surface area contributed by atoms with E-state index >= 15 is 0 Å². The van der Waals surface area contributed by atoms with Gasteiger partial charge in [0.1, 0.15) is 11.6 Å². The van der Waals surface area contributed by atoms with Gasteiger partial charge >= 0.3 is 6.01 Å². The van der Waals surface area contributed by atoms with Crippen LogP contribution in [-0.2, 0) is 4.74 Å². The van der Waals surface area contributed by atoms with Gasteiger partial charge in [0.15, 0.2) is 11.5 Å². The van der Waals surface area contributed by atoms with Crippen LogP contribution in [-0.4, -0.2) is 37.8 Å². The molecule has 0 bridgehead atoms. The van der Waals surface area contributed by atoms with Gasteiger partial charge in [0.25, 0.3) is 0 Å². The number of hydrogen-bond donors (Lipinski definition) is 2. The van der Waals surface area contributed by atoms with Crippen molar-refractivity contribution >= 4 is 17.3 Å². The summed E-state index contributed by atoms with van der Waals surface area (Å²) in [7, 11) is 0. The molecule has 0 saturated heterocycles. The summed E-state index contributed by atoms with van der Waals surface area (Å²) in [5.74, 6) is 0.537. The summed E-state index contributed by atoms with van der Waals surface area (Å²) in [5.41, 5.74) is 8.80. The Hall–Kier alpha value is -4.21. The lowest BCUT2D eigenvalue weighted by Crippen LogP contribution is -2.10. The van der Waals surface area contributed by atoms with Gasteiger partial charge in [0.05, 0.1) is 30.7 Å². The number of nitrogen functional groups attached to an aromatic ring is 1. The maximum Gasteiger partial charge on any atom is 0.318 e. The van der Waals surface area contributed by atoms with Gasteiger partial charge in [-0.2, -0.15) is 9.97 Å². The van der Waals surface area contributed by atoms with E-state index in [4.69, 9.17) is 15.2 Å². The van der Waals surface area contributed by atoms with Gasteiger partial charge in [-0.25, -0.2) is 13.9 Å². The molecule has 1 aromatic carbocycles. The van der Waals surface area contributed by atoms with Crippen LogP contribution in [0.15, 0.2) is 61.6 Å². The highest BCUT2D eigenvalue weighted by Crippen LogP contribution is 2.31. The van der Waals surface area contributed by atoms with Gasteiger partial charge in [-0.1, -0.05) is 18.7 Å². The predicted molar refractivity (Wildman–Crippen MR) is 128 cm³/mol. The van der Waals surface area contributed by atoms with Crippen molar-refractivity contribution in [1.82, 2.24) is 24.6 Å². The minimum absolute atomic E-state index is 0.147. The number of ether oxygens (including phenoxy) is 2. The third kappa shape index (κ3) is 5.40. The zero-order chi connectivity index (χ0) is 23.9. The first kappa shape index (κ1) is 23.0. The Bertz CT molecular complexity index is 1260. The molecule has 34 heavy (non-hydrogen) atoms. The zero-order valence-corrected chi connectivity index (χ0v) is 18.8. The van der Waals surface area contributed by atoms with E-state index in [1.807, 2.05) is 6.92 Å². The maximum atomic E-state index is 13.3. The van der Waals surface area contributed by atoms with Crippen LogP contribution in [0.25, 0.3) is 16.9 Å². The summed E-state index contributed by atoms with van der Waals surface area (Å²) >= 11 is 0. The smallest absolute Gasteiger partial charge is 0.318 e. The van der Waals surface area contributed by atoms with Gasteiger partial charge in [0.2, 0.25) is 0 Å². The number of anilines is 2. The van der Waals surface area contributed by atoms with Crippen LogP contribution in [0, 0.1) is 5.82 Å². The van der Waals surface area contributed by atoms with E-state index in [-0.39, 0.29) is 17.9 Å². The lowest BCUT2D eigenvalue weighted by Gasteiger charge is -2.16. The summed E-state index contributed by atoms with van der Waals surface area (Å²) in [6.07, 6.45) is 6.42. The molecule has 3 aromatic heterocycles. The monoisotopic (exact) mass is 463 g/mol. The second kappa shape index (κ2) is 10.6. The van der Waals surface area contributed by atoms with Crippen LogP contribution in [0.4, 0.5) is 16.0 Å². The zero-order valence-electron chi connectivity index (χ0n) is 18.8. The fourth-order valence-electron chi connectivity index (χ4n) is 3.43. The normalized spacial score (nSPS) is 11.8. The number of unbranched alkanes of at least 4 members (excludes halogenated alkanes) is 1. The molecule has 1 atom stereocenters. The molecule has 3 heterocycles. The van der Waals surface area contributed by atoms with Gasteiger partial charge in [-0.3, -0.25) is 0 Å². The lowest BCUT2D eigenvalue weighted by atomic mass is 10.1. The van der Waals surface area contributed by atoms with E-state index in [9.17, 15) is 4.39 Å². The second-order valence-electron chi connectivity index (χ2n) is 7.58. The van der Waals surface area contributed by atoms with Crippen molar-refractivity contribution < 1.29 is 13.9 Å². The second-order valence-corrected chi connectivity index (χ2v) is 7.58. The molecule has 0 unspecified atom stereocenters. The average molecular weight is 464 g/mol. The summed E-state index contributed by atoms with van der Waals surface area (Å²) in [4.78, 5) is 13.5. The molecule has 4 aromatic rings. The fraction of sp³-hybridized carbons (Fsp3) is 0.250. The molecule has 3 N–H and O–H groups in total. The molecule has 0 fully saturated rings. The number of nitrogens with two attached hydrogens (primary N) is 1. The van der Waals surface area contributed by atoms with Crippen molar-refractivity contribution in [1.29, 1.82) is 0 Å². The lowest BCUT2D eigenvalue weighted by molar-refractivity contribution is 0.221. The molecular formula is C24H26FN7O2. The molecule has 0 aliphatic heterocycles. The molecule has 4 rings (SSSR count). The standard InChI is InChI=1S/C24H26FN7O2/c1-3-33-13-4-5-14-34-24-29-19(21-22(26)31-32-12-6-11-27-23(21)32)15-20(30-24)28-16(2)17-7-9-18(25)10-8-17/h3,6-12,15-16H,1,4-5,13-14H2,2H3,(H2,26,31)(H,28,29,30)/t16-/m0/s1. The van der Waals surface area contributed by atoms with Crippen LogP contribution < -0.4 is 15.8 Å². The van der Waals surface area contributed by atoms with E-state index < -0.39 is 0 Å². The Kier molecular flexibility index (Phi) is 7.16. The number of fused-ring (bicyclic) bond motifs is 1. The first-order valence-corrected chi connectivity index (χ1v) is 10.9.